The van der Waals surface area contributed by atoms with Crippen LogP contribution in [0.5, 0.6) is 0 Å². The fraction of sp³-hybridized carbons (Fsp3) is 0.571. The van der Waals surface area contributed by atoms with E-state index in [1.54, 1.807) is 0 Å². The number of aliphatic hydroxyl groups excluding tert-OH is 1. The first-order valence-electron chi connectivity index (χ1n) is 6.21. The maximum absolute atomic E-state index is 9.72. The molecule has 1 nitrogen and oxygen atoms in total. The average molecular weight is 236 g/mol. The van der Waals surface area contributed by atoms with Gasteiger partial charge in [0, 0.05) is 10.1 Å². The van der Waals surface area contributed by atoms with Crippen molar-refractivity contribution >= 4 is 11.8 Å². The highest BCUT2D eigenvalue weighted by Gasteiger charge is 2.17. The predicted molar refractivity (Wildman–Crippen MR) is 69.8 cm³/mol. The zero-order valence-corrected chi connectivity index (χ0v) is 10.7. The molecule has 1 aliphatic rings. The molecule has 1 unspecified atom stereocenters. The molecule has 1 aromatic rings. The molecule has 2 heteroatoms. The lowest BCUT2D eigenvalue weighted by Crippen LogP contribution is -2.08. The topological polar surface area (TPSA) is 20.2 Å². The van der Waals surface area contributed by atoms with E-state index in [1.165, 1.54) is 37.0 Å². The van der Waals surface area contributed by atoms with Gasteiger partial charge in [0.25, 0.3) is 0 Å². The van der Waals surface area contributed by atoms with Crippen LogP contribution in [0.3, 0.4) is 0 Å². The van der Waals surface area contributed by atoms with Gasteiger partial charge in [0.2, 0.25) is 0 Å². The smallest absolute Gasteiger partial charge is 0.0772 e. The Morgan fingerprint density at radius 2 is 1.88 bits per heavy atom. The first kappa shape index (κ1) is 12.0. The maximum Gasteiger partial charge on any atom is 0.0772 e. The van der Waals surface area contributed by atoms with Crippen LogP contribution in [0.2, 0.25) is 0 Å². The SMILES string of the molecule is CC(O)c1ccccc1SC1CCCCC1. The number of rotatable bonds is 3. The van der Waals surface area contributed by atoms with Crippen LogP contribution in [0.15, 0.2) is 29.2 Å². The molecule has 0 saturated heterocycles. The molecule has 0 heterocycles. The summed E-state index contributed by atoms with van der Waals surface area (Å²) in [6.45, 7) is 1.85. The van der Waals surface area contributed by atoms with Crippen molar-refractivity contribution < 1.29 is 5.11 Å². The number of aliphatic hydroxyl groups is 1. The minimum atomic E-state index is -0.354. The first-order chi connectivity index (χ1) is 7.77. The van der Waals surface area contributed by atoms with E-state index in [1.807, 2.05) is 30.8 Å². The Morgan fingerprint density at radius 1 is 1.19 bits per heavy atom. The van der Waals surface area contributed by atoms with E-state index in [-0.39, 0.29) is 6.10 Å². The molecular formula is C14H20OS. The van der Waals surface area contributed by atoms with Crippen molar-refractivity contribution in [2.24, 2.45) is 0 Å². The van der Waals surface area contributed by atoms with Gasteiger partial charge in [0.15, 0.2) is 0 Å². The van der Waals surface area contributed by atoms with Crippen LogP contribution in [0, 0.1) is 0 Å². The van der Waals surface area contributed by atoms with Gasteiger partial charge < -0.3 is 5.11 Å². The van der Waals surface area contributed by atoms with Crippen molar-refractivity contribution in [2.75, 3.05) is 0 Å². The van der Waals surface area contributed by atoms with Crippen molar-refractivity contribution in [1.82, 2.24) is 0 Å². The molecule has 0 bridgehead atoms. The number of hydrogen-bond donors (Lipinski definition) is 1. The van der Waals surface area contributed by atoms with E-state index in [0.717, 1.165) is 10.8 Å². The standard InChI is InChI=1S/C14H20OS/c1-11(15)13-9-5-6-10-14(13)16-12-7-3-2-4-8-12/h5-6,9-12,15H,2-4,7-8H2,1H3. The van der Waals surface area contributed by atoms with Crippen LogP contribution in [-0.2, 0) is 0 Å². The van der Waals surface area contributed by atoms with E-state index >= 15 is 0 Å². The van der Waals surface area contributed by atoms with Crippen LogP contribution in [-0.4, -0.2) is 10.4 Å². The van der Waals surface area contributed by atoms with Gasteiger partial charge in [-0.05, 0) is 31.4 Å². The molecule has 0 aliphatic heterocycles. The van der Waals surface area contributed by atoms with E-state index in [9.17, 15) is 5.11 Å². The van der Waals surface area contributed by atoms with E-state index in [2.05, 4.69) is 12.1 Å². The third-order valence-corrected chi connectivity index (χ3v) is 4.65. The predicted octanol–water partition coefficient (Wildman–Crippen LogP) is 4.16. The maximum atomic E-state index is 9.72. The third-order valence-electron chi connectivity index (χ3n) is 3.21. The van der Waals surface area contributed by atoms with Gasteiger partial charge in [0.1, 0.15) is 0 Å². The number of benzene rings is 1. The summed E-state index contributed by atoms with van der Waals surface area (Å²) < 4.78 is 0. The highest BCUT2D eigenvalue weighted by molar-refractivity contribution is 8.00. The lowest BCUT2D eigenvalue weighted by molar-refractivity contribution is 0.196. The Hall–Kier alpha value is -0.470. The van der Waals surface area contributed by atoms with Gasteiger partial charge in [-0.2, -0.15) is 0 Å². The highest BCUT2D eigenvalue weighted by atomic mass is 32.2. The van der Waals surface area contributed by atoms with Crippen molar-refractivity contribution in [1.29, 1.82) is 0 Å². The van der Waals surface area contributed by atoms with E-state index < -0.39 is 0 Å². The summed E-state index contributed by atoms with van der Waals surface area (Å²) >= 11 is 1.96. The molecule has 0 radical (unpaired) electrons. The monoisotopic (exact) mass is 236 g/mol. The van der Waals surface area contributed by atoms with Gasteiger partial charge >= 0.3 is 0 Å². The molecular weight excluding hydrogens is 216 g/mol. The highest BCUT2D eigenvalue weighted by Crippen LogP contribution is 2.36. The van der Waals surface area contributed by atoms with Crippen molar-refractivity contribution in [3.05, 3.63) is 29.8 Å². The van der Waals surface area contributed by atoms with Crippen LogP contribution in [0.1, 0.15) is 50.7 Å². The molecule has 1 fully saturated rings. The second-order valence-corrected chi connectivity index (χ2v) is 5.93. The molecule has 1 aromatic carbocycles. The van der Waals surface area contributed by atoms with Gasteiger partial charge in [-0.15, -0.1) is 11.8 Å². The molecule has 1 aliphatic carbocycles. The fourth-order valence-electron chi connectivity index (χ4n) is 2.30. The Balaban J connectivity index is 2.07. The Bertz CT molecular complexity index is 329. The zero-order valence-electron chi connectivity index (χ0n) is 9.86. The van der Waals surface area contributed by atoms with Gasteiger partial charge in [-0.1, -0.05) is 37.5 Å². The zero-order chi connectivity index (χ0) is 11.4. The van der Waals surface area contributed by atoms with Crippen LogP contribution < -0.4 is 0 Å². The van der Waals surface area contributed by atoms with E-state index in [0.29, 0.717) is 0 Å². The van der Waals surface area contributed by atoms with E-state index in [4.69, 9.17) is 0 Å². The molecule has 2 rings (SSSR count). The molecule has 0 aromatic heterocycles. The largest absolute Gasteiger partial charge is 0.389 e. The second kappa shape index (κ2) is 5.74. The minimum absolute atomic E-state index is 0.354. The fourth-order valence-corrected chi connectivity index (χ4v) is 3.76. The van der Waals surface area contributed by atoms with Crippen molar-refractivity contribution in [3.8, 4) is 0 Å². The molecule has 16 heavy (non-hydrogen) atoms. The minimum Gasteiger partial charge on any atom is -0.389 e. The Kier molecular flexibility index (Phi) is 4.30. The molecule has 88 valence electrons. The molecule has 0 amide bonds. The third kappa shape index (κ3) is 3.02. The molecule has 0 spiro atoms. The van der Waals surface area contributed by atoms with Crippen LogP contribution in [0.4, 0.5) is 0 Å². The summed E-state index contributed by atoms with van der Waals surface area (Å²) in [6, 6.07) is 8.25. The summed E-state index contributed by atoms with van der Waals surface area (Å²) in [5.41, 5.74) is 1.08. The normalized spacial score (nSPS) is 19.6. The second-order valence-electron chi connectivity index (χ2n) is 4.59. The lowest BCUT2D eigenvalue weighted by Gasteiger charge is -2.22. The average Bonchev–Trinajstić information content (AvgIpc) is 2.31. The van der Waals surface area contributed by atoms with Crippen molar-refractivity contribution in [2.45, 2.75) is 55.3 Å². The quantitative estimate of drug-likeness (QED) is 0.850. The summed E-state index contributed by atoms with van der Waals surface area (Å²) in [6.07, 6.45) is 6.45. The van der Waals surface area contributed by atoms with Gasteiger partial charge in [0.05, 0.1) is 6.10 Å². The van der Waals surface area contributed by atoms with Gasteiger partial charge in [-0.25, -0.2) is 0 Å². The molecule has 1 atom stereocenters. The van der Waals surface area contributed by atoms with Crippen LogP contribution >= 0.6 is 11.8 Å². The Labute approximate surface area is 102 Å². The summed E-state index contributed by atoms with van der Waals surface area (Å²) in [4.78, 5) is 1.27. The summed E-state index contributed by atoms with van der Waals surface area (Å²) in [5.74, 6) is 0. The number of thioether (sulfide) groups is 1. The first-order valence-corrected chi connectivity index (χ1v) is 7.09. The van der Waals surface area contributed by atoms with Crippen LogP contribution in [0.25, 0.3) is 0 Å². The summed E-state index contributed by atoms with van der Waals surface area (Å²) in [5, 5.41) is 10.5. The summed E-state index contributed by atoms with van der Waals surface area (Å²) in [7, 11) is 0. The lowest BCUT2D eigenvalue weighted by atomic mass is 10.0. The molecule has 1 saturated carbocycles. The Morgan fingerprint density at radius 3 is 2.56 bits per heavy atom. The van der Waals surface area contributed by atoms with Crippen molar-refractivity contribution in [3.63, 3.8) is 0 Å². The molecule has 1 N–H and O–H groups in total. The number of hydrogen-bond acceptors (Lipinski definition) is 2. The van der Waals surface area contributed by atoms with Gasteiger partial charge in [-0.3, -0.25) is 0 Å².